The highest BCUT2D eigenvalue weighted by atomic mass is 19.1. The molecule has 2 nitrogen and oxygen atoms in total. The van der Waals surface area contributed by atoms with Gasteiger partial charge in [-0.05, 0) is 18.4 Å². The number of nitrogens with two attached hydrogens (primary N) is 1. The number of benzene rings is 1. The van der Waals surface area contributed by atoms with E-state index >= 15 is 0 Å². The van der Waals surface area contributed by atoms with E-state index in [4.69, 9.17) is 5.73 Å². The summed E-state index contributed by atoms with van der Waals surface area (Å²) in [5, 5.41) is 0. The van der Waals surface area contributed by atoms with Crippen molar-refractivity contribution >= 4 is 11.4 Å². The molecule has 4 heteroatoms. The zero-order valence-corrected chi connectivity index (χ0v) is 8.63. The molecule has 1 heterocycles. The predicted octanol–water partition coefficient (Wildman–Crippen LogP) is 2.39. The van der Waals surface area contributed by atoms with Crippen LogP contribution < -0.4 is 10.6 Å². The lowest BCUT2D eigenvalue weighted by Crippen LogP contribution is -2.47. The average Bonchev–Trinajstić information content (AvgIpc) is 2.06. The fourth-order valence-corrected chi connectivity index (χ4v) is 1.93. The van der Waals surface area contributed by atoms with Crippen LogP contribution in [0, 0.1) is 17.6 Å². The van der Waals surface area contributed by atoms with Crippen molar-refractivity contribution in [3.8, 4) is 0 Å². The first-order valence-electron chi connectivity index (χ1n) is 5.11. The van der Waals surface area contributed by atoms with Crippen LogP contribution >= 0.6 is 0 Å². The van der Waals surface area contributed by atoms with Crippen molar-refractivity contribution in [2.75, 3.05) is 23.7 Å². The molecule has 1 aliphatic heterocycles. The topological polar surface area (TPSA) is 29.3 Å². The van der Waals surface area contributed by atoms with Gasteiger partial charge in [0, 0.05) is 19.2 Å². The Balaban J connectivity index is 2.22. The highest BCUT2D eigenvalue weighted by Crippen LogP contribution is 2.33. The van der Waals surface area contributed by atoms with Crippen molar-refractivity contribution < 1.29 is 8.78 Å². The number of hydrogen-bond acceptors (Lipinski definition) is 2. The summed E-state index contributed by atoms with van der Waals surface area (Å²) < 4.78 is 26.3. The summed E-state index contributed by atoms with van der Waals surface area (Å²) in [4.78, 5) is 1.86. The second-order valence-electron chi connectivity index (χ2n) is 4.00. The second-order valence-corrected chi connectivity index (χ2v) is 4.00. The number of halogens is 2. The Morgan fingerprint density at radius 1 is 1.40 bits per heavy atom. The van der Waals surface area contributed by atoms with Gasteiger partial charge >= 0.3 is 0 Å². The molecule has 0 spiro atoms. The van der Waals surface area contributed by atoms with Crippen LogP contribution in [-0.2, 0) is 0 Å². The van der Waals surface area contributed by atoms with Crippen molar-refractivity contribution in [3.63, 3.8) is 0 Å². The van der Waals surface area contributed by atoms with Gasteiger partial charge in [0.2, 0.25) is 0 Å². The molecule has 1 fully saturated rings. The number of nitrogens with zero attached hydrogens (tertiary/aromatic N) is 1. The smallest absolute Gasteiger partial charge is 0.151 e. The van der Waals surface area contributed by atoms with Gasteiger partial charge in [-0.2, -0.15) is 0 Å². The van der Waals surface area contributed by atoms with Crippen molar-refractivity contribution in [1.29, 1.82) is 0 Å². The molecule has 1 aliphatic rings. The van der Waals surface area contributed by atoms with Gasteiger partial charge in [-0.1, -0.05) is 6.92 Å². The molecular weight excluding hydrogens is 198 g/mol. The minimum atomic E-state index is -0.624. The summed E-state index contributed by atoms with van der Waals surface area (Å²) in [7, 11) is 0. The molecule has 0 amide bonds. The first-order chi connectivity index (χ1) is 7.11. The highest BCUT2D eigenvalue weighted by molar-refractivity contribution is 5.69. The van der Waals surface area contributed by atoms with Gasteiger partial charge < -0.3 is 10.6 Å². The third-order valence-corrected chi connectivity index (χ3v) is 2.91. The zero-order chi connectivity index (χ0) is 11.0. The minimum Gasteiger partial charge on any atom is -0.397 e. The van der Waals surface area contributed by atoms with Crippen LogP contribution in [0.2, 0.25) is 0 Å². The van der Waals surface area contributed by atoms with E-state index in [1.165, 1.54) is 0 Å². The molecule has 2 N–H and O–H groups in total. The molecule has 1 aromatic rings. The van der Waals surface area contributed by atoms with Crippen LogP contribution in [0.1, 0.15) is 13.3 Å². The van der Waals surface area contributed by atoms with Crippen molar-refractivity contribution in [2.24, 2.45) is 5.92 Å². The lowest BCUT2D eigenvalue weighted by atomic mass is 9.96. The Bertz CT molecular complexity index is 350. The average molecular weight is 212 g/mol. The molecule has 82 valence electrons. The molecule has 0 aliphatic carbocycles. The number of rotatable bonds is 2. The normalized spacial score (nSPS) is 16.6. The summed E-state index contributed by atoms with van der Waals surface area (Å²) in [6.45, 7) is 3.72. The number of anilines is 2. The highest BCUT2D eigenvalue weighted by Gasteiger charge is 2.28. The third kappa shape index (κ3) is 1.76. The summed E-state index contributed by atoms with van der Waals surface area (Å²) in [5.41, 5.74) is 6.13. The summed E-state index contributed by atoms with van der Waals surface area (Å²) in [6, 6.07) is 2.04. The predicted molar refractivity (Wildman–Crippen MR) is 56.8 cm³/mol. The lowest BCUT2D eigenvalue weighted by molar-refractivity contribution is 0.394. The summed E-state index contributed by atoms with van der Waals surface area (Å²) in [6.07, 6.45) is 1.08. The van der Waals surface area contributed by atoms with Gasteiger partial charge in [0.05, 0.1) is 11.4 Å². The van der Waals surface area contributed by atoms with E-state index in [1.807, 2.05) is 4.90 Å². The van der Waals surface area contributed by atoms with Crippen LogP contribution in [0.25, 0.3) is 0 Å². The van der Waals surface area contributed by atoms with Gasteiger partial charge in [0.15, 0.2) is 5.82 Å². The molecule has 0 radical (unpaired) electrons. The van der Waals surface area contributed by atoms with Crippen molar-refractivity contribution in [3.05, 3.63) is 23.8 Å². The largest absolute Gasteiger partial charge is 0.397 e. The Labute approximate surface area is 87.7 Å². The van der Waals surface area contributed by atoms with E-state index in [2.05, 4.69) is 6.92 Å². The van der Waals surface area contributed by atoms with Crippen LogP contribution in [0.3, 0.4) is 0 Å². The Morgan fingerprint density at radius 2 is 2.07 bits per heavy atom. The molecule has 0 bridgehead atoms. The lowest BCUT2D eigenvalue weighted by Gasteiger charge is -2.41. The maximum atomic E-state index is 13.5. The van der Waals surface area contributed by atoms with E-state index in [9.17, 15) is 8.78 Å². The minimum absolute atomic E-state index is 0.182. The standard InChI is InChI=1S/C11H14F2N2/c1-2-7-5-15(6-7)11-9(13)3-8(12)4-10(11)14/h3-4,7H,2,5-6,14H2,1H3. The van der Waals surface area contributed by atoms with E-state index in [0.29, 0.717) is 11.6 Å². The molecule has 1 aromatic carbocycles. The van der Waals surface area contributed by atoms with Gasteiger partial charge in [0.25, 0.3) is 0 Å². The molecule has 2 rings (SSSR count). The van der Waals surface area contributed by atoms with Crippen LogP contribution in [0.4, 0.5) is 20.2 Å². The zero-order valence-electron chi connectivity index (χ0n) is 8.63. The monoisotopic (exact) mass is 212 g/mol. The van der Waals surface area contributed by atoms with E-state index in [-0.39, 0.29) is 5.69 Å². The van der Waals surface area contributed by atoms with Crippen LogP contribution in [-0.4, -0.2) is 13.1 Å². The van der Waals surface area contributed by atoms with E-state index < -0.39 is 11.6 Å². The molecule has 0 aromatic heterocycles. The maximum Gasteiger partial charge on any atom is 0.151 e. The van der Waals surface area contributed by atoms with Gasteiger partial charge in [0.1, 0.15) is 5.82 Å². The third-order valence-electron chi connectivity index (χ3n) is 2.91. The Hall–Kier alpha value is -1.32. The van der Waals surface area contributed by atoms with Gasteiger partial charge in [-0.15, -0.1) is 0 Å². The van der Waals surface area contributed by atoms with Gasteiger partial charge in [-0.3, -0.25) is 0 Å². The quantitative estimate of drug-likeness (QED) is 0.763. The fraction of sp³-hybridized carbons (Fsp3) is 0.455. The molecule has 0 saturated carbocycles. The molecular formula is C11H14F2N2. The van der Waals surface area contributed by atoms with Crippen molar-refractivity contribution in [2.45, 2.75) is 13.3 Å². The van der Waals surface area contributed by atoms with Crippen LogP contribution in [0.15, 0.2) is 12.1 Å². The number of hydrogen-bond donors (Lipinski definition) is 1. The molecule has 0 atom stereocenters. The Kier molecular flexibility index (Phi) is 2.50. The summed E-state index contributed by atoms with van der Waals surface area (Å²) in [5.74, 6) is -0.586. The SMILES string of the molecule is CCC1CN(c2c(N)cc(F)cc2F)C1. The van der Waals surface area contributed by atoms with Crippen molar-refractivity contribution in [1.82, 2.24) is 0 Å². The van der Waals surface area contributed by atoms with E-state index in [0.717, 1.165) is 31.6 Å². The summed E-state index contributed by atoms with van der Waals surface area (Å²) >= 11 is 0. The molecule has 15 heavy (non-hydrogen) atoms. The van der Waals surface area contributed by atoms with Gasteiger partial charge in [-0.25, -0.2) is 8.78 Å². The maximum absolute atomic E-state index is 13.5. The Morgan fingerprint density at radius 3 is 2.60 bits per heavy atom. The number of nitrogen functional groups attached to an aromatic ring is 1. The van der Waals surface area contributed by atoms with E-state index in [1.54, 1.807) is 0 Å². The van der Waals surface area contributed by atoms with Crippen LogP contribution in [0.5, 0.6) is 0 Å². The fourth-order valence-electron chi connectivity index (χ4n) is 1.93. The second kappa shape index (κ2) is 3.68. The molecule has 0 unspecified atom stereocenters. The first-order valence-corrected chi connectivity index (χ1v) is 5.11. The first kappa shape index (κ1) is 10.2. The molecule has 1 saturated heterocycles.